The molecule has 108 valence electrons. The number of hydrogen-bond acceptors (Lipinski definition) is 3. The first-order valence-electron chi connectivity index (χ1n) is 7.19. The molecule has 0 amide bonds. The molecule has 0 aromatic heterocycles. The average Bonchev–Trinajstić information content (AvgIpc) is 2.52. The topological polar surface area (TPSA) is 35.5 Å². The first-order chi connectivity index (χ1) is 9.74. The van der Waals surface area contributed by atoms with Crippen molar-refractivity contribution < 1.29 is 14.3 Å². The fraction of sp³-hybridized carbons (Fsp3) is 0.471. The molecular weight excluding hydrogens is 252 g/mol. The maximum atomic E-state index is 12.2. The summed E-state index contributed by atoms with van der Waals surface area (Å²) in [6.07, 6.45) is 10.1. The van der Waals surface area contributed by atoms with Gasteiger partial charge >= 0.3 is 0 Å². The Hall–Kier alpha value is -1.77. The van der Waals surface area contributed by atoms with E-state index in [4.69, 9.17) is 9.47 Å². The summed E-state index contributed by atoms with van der Waals surface area (Å²) in [5.41, 5.74) is 0.634. The molecule has 0 atom stereocenters. The highest BCUT2D eigenvalue weighted by Gasteiger charge is 2.12. The van der Waals surface area contributed by atoms with Crippen molar-refractivity contribution in [1.29, 1.82) is 0 Å². The lowest BCUT2D eigenvalue weighted by Gasteiger charge is -2.17. The maximum absolute atomic E-state index is 12.2. The number of carbonyl (C=O) groups excluding carboxylic acids is 1. The summed E-state index contributed by atoms with van der Waals surface area (Å²) in [7, 11) is 3.16. The highest BCUT2D eigenvalue weighted by atomic mass is 16.5. The Morgan fingerprint density at radius 1 is 1.10 bits per heavy atom. The SMILES string of the molecule is COc1ccc(C(=O)C=CC2CCCCC2)cc1OC. The minimum Gasteiger partial charge on any atom is -0.493 e. The summed E-state index contributed by atoms with van der Waals surface area (Å²) < 4.78 is 10.4. The first-order valence-corrected chi connectivity index (χ1v) is 7.19. The third-order valence-corrected chi connectivity index (χ3v) is 3.84. The number of methoxy groups -OCH3 is 2. The Balaban J connectivity index is 2.06. The molecule has 1 aliphatic rings. The predicted octanol–water partition coefficient (Wildman–Crippen LogP) is 4.02. The van der Waals surface area contributed by atoms with Gasteiger partial charge in [0, 0.05) is 5.56 Å². The van der Waals surface area contributed by atoms with Crippen molar-refractivity contribution in [2.45, 2.75) is 32.1 Å². The summed E-state index contributed by atoms with van der Waals surface area (Å²) >= 11 is 0. The molecule has 0 unspecified atom stereocenters. The van der Waals surface area contributed by atoms with E-state index < -0.39 is 0 Å². The molecule has 0 heterocycles. The second-order valence-electron chi connectivity index (χ2n) is 5.19. The van der Waals surface area contributed by atoms with Crippen LogP contribution in [0.15, 0.2) is 30.4 Å². The van der Waals surface area contributed by atoms with E-state index in [0.29, 0.717) is 23.0 Å². The van der Waals surface area contributed by atoms with E-state index in [1.807, 2.05) is 0 Å². The molecule has 3 heteroatoms. The highest BCUT2D eigenvalue weighted by molar-refractivity contribution is 6.04. The Morgan fingerprint density at radius 3 is 2.45 bits per heavy atom. The van der Waals surface area contributed by atoms with Crippen LogP contribution in [-0.2, 0) is 0 Å². The Kier molecular flexibility index (Phi) is 5.22. The maximum Gasteiger partial charge on any atom is 0.185 e. The number of ether oxygens (including phenoxy) is 2. The van der Waals surface area contributed by atoms with Crippen LogP contribution in [0.4, 0.5) is 0 Å². The van der Waals surface area contributed by atoms with Gasteiger partial charge in [0.05, 0.1) is 14.2 Å². The summed E-state index contributed by atoms with van der Waals surface area (Å²) in [6.45, 7) is 0. The normalized spacial score (nSPS) is 16.3. The molecule has 1 aromatic carbocycles. The van der Waals surface area contributed by atoms with E-state index in [-0.39, 0.29) is 5.78 Å². The Morgan fingerprint density at radius 2 is 1.80 bits per heavy atom. The van der Waals surface area contributed by atoms with Gasteiger partial charge in [-0.15, -0.1) is 0 Å². The van der Waals surface area contributed by atoms with Crippen molar-refractivity contribution in [2.24, 2.45) is 5.92 Å². The zero-order valence-corrected chi connectivity index (χ0v) is 12.2. The largest absolute Gasteiger partial charge is 0.493 e. The van der Waals surface area contributed by atoms with Gasteiger partial charge in [0.25, 0.3) is 0 Å². The zero-order valence-electron chi connectivity index (χ0n) is 12.2. The van der Waals surface area contributed by atoms with Gasteiger partial charge in [0.2, 0.25) is 0 Å². The van der Waals surface area contributed by atoms with Crippen molar-refractivity contribution in [3.63, 3.8) is 0 Å². The fourth-order valence-electron chi connectivity index (χ4n) is 2.64. The number of allylic oxidation sites excluding steroid dienone is 2. The van der Waals surface area contributed by atoms with Gasteiger partial charge in [0.1, 0.15) is 0 Å². The van der Waals surface area contributed by atoms with Crippen LogP contribution in [0.5, 0.6) is 11.5 Å². The molecule has 3 nitrogen and oxygen atoms in total. The van der Waals surface area contributed by atoms with Crippen LogP contribution in [-0.4, -0.2) is 20.0 Å². The number of ketones is 1. The monoisotopic (exact) mass is 274 g/mol. The number of benzene rings is 1. The van der Waals surface area contributed by atoms with E-state index in [2.05, 4.69) is 6.08 Å². The second-order valence-corrected chi connectivity index (χ2v) is 5.19. The highest BCUT2D eigenvalue weighted by Crippen LogP contribution is 2.28. The molecule has 20 heavy (non-hydrogen) atoms. The molecule has 1 fully saturated rings. The van der Waals surface area contributed by atoms with E-state index in [9.17, 15) is 4.79 Å². The van der Waals surface area contributed by atoms with Crippen molar-refractivity contribution in [1.82, 2.24) is 0 Å². The van der Waals surface area contributed by atoms with E-state index in [1.165, 1.54) is 32.1 Å². The molecule has 2 rings (SSSR count). The minimum absolute atomic E-state index is 0.0246. The minimum atomic E-state index is 0.0246. The third kappa shape index (κ3) is 3.62. The lowest BCUT2D eigenvalue weighted by atomic mass is 9.89. The van der Waals surface area contributed by atoms with E-state index in [0.717, 1.165) is 0 Å². The van der Waals surface area contributed by atoms with Crippen LogP contribution in [0.1, 0.15) is 42.5 Å². The van der Waals surface area contributed by atoms with Gasteiger partial charge in [-0.2, -0.15) is 0 Å². The number of hydrogen-bond donors (Lipinski definition) is 0. The Labute approximate surface area is 120 Å². The molecule has 0 N–H and O–H groups in total. The summed E-state index contributed by atoms with van der Waals surface area (Å²) in [4.78, 5) is 12.2. The molecule has 1 saturated carbocycles. The summed E-state index contributed by atoms with van der Waals surface area (Å²) in [6, 6.07) is 5.27. The summed E-state index contributed by atoms with van der Waals surface area (Å²) in [5.74, 6) is 1.81. The first kappa shape index (κ1) is 14.6. The lowest BCUT2D eigenvalue weighted by Crippen LogP contribution is -2.04. The Bertz CT molecular complexity index is 485. The second kappa shape index (κ2) is 7.13. The van der Waals surface area contributed by atoms with Crippen LogP contribution in [0.2, 0.25) is 0 Å². The van der Waals surface area contributed by atoms with Gasteiger partial charge in [-0.1, -0.05) is 25.3 Å². The molecule has 0 spiro atoms. The van der Waals surface area contributed by atoms with Crippen LogP contribution >= 0.6 is 0 Å². The quantitative estimate of drug-likeness (QED) is 0.601. The zero-order chi connectivity index (χ0) is 14.4. The molecule has 1 aliphatic carbocycles. The fourth-order valence-corrected chi connectivity index (χ4v) is 2.64. The molecule has 0 bridgehead atoms. The van der Waals surface area contributed by atoms with Crippen molar-refractivity contribution >= 4 is 5.78 Å². The average molecular weight is 274 g/mol. The number of rotatable bonds is 5. The van der Waals surface area contributed by atoms with Crippen LogP contribution in [0.3, 0.4) is 0 Å². The van der Waals surface area contributed by atoms with Crippen molar-refractivity contribution in [3.05, 3.63) is 35.9 Å². The lowest BCUT2D eigenvalue weighted by molar-refractivity contribution is 0.104. The standard InChI is InChI=1S/C17H22O3/c1-19-16-11-9-14(12-17(16)20-2)15(18)10-8-13-6-4-3-5-7-13/h8-13H,3-7H2,1-2H3. The van der Waals surface area contributed by atoms with E-state index >= 15 is 0 Å². The molecule has 0 aliphatic heterocycles. The van der Waals surface area contributed by atoms with Crippen LogP contribution in [0.25, 0.3) is 0 Å². The van der Waals surface area contributed by atoms with Crippen molar-refractivity contribution in [3.8, 4) is 11.5 Å². The van der Waals surface area contributed by atoms with Crippen LogP contribution < -0.4 is 9.47 Å². The third-order valence-electron chi connectivity index (χ3n) is 3.84. The van der Waals surface area contributed by atoms with E-state index in [1.54, 1.807) is 38.5 Å². The van der Waals surface area contributed by atoms with Gasteiger partial charge in [-0.3, -0.25) is 4.79 Å². The molecule has 0 saturated heterocycles. The molecular formula is C17H22O3. The summed E-state index contributed by atoms with van der Waals surface area (Å²) in [5, 5.41) is 0. The van der Waals surface area contributed by atoms with Gasteiger partial charge in [-0.05, 0) is 43.0 Å². The predicted molar refractivity (Wildman–Crippen MR) is 79.6 cm³/mol. The van der Waals surface area contributed by atoms with Crippen LogP contribution in [0, 0.1) is 5.92 Å². The van der Waals surface area contributed by atoms with Crippen molar-refractivity contribution in [2.75, 3.05) is 14.2 Å². The smallest absolute Gasteiger partial charge is 0.185 e. The molecule has 0 radical (unpaired) electrons. The van der Waals surface area contributed by atoms with Gasteiger partial charge in [-0.25, -0.2) is 0 Å². The molecule has 1 aromatic rings. The van der Waals surface area contributed by atoms with Gasteiger partial charge < -0.3 is 9.47 Å². The van der Waals surface area contributed by atoms with Gasteiger partial charge in [0.15, 0.2) is 17.3 Å². The number of carbonyl (C=O) groups is 1.